The summed E-state index contributed by atoms with van der Waals surface area (Å²) < 4.78 is 0. The molecule has 0 fully saturated rings. The fraction of sp³-hybridized carbons (Fsp3) is 0.133. The van der Waals surface area contributed by atoms with Crippen LogP contribution in [0.25, 0.3) is 0 Å². The lowest BCUT2D eigenvalue weighted by molar-refractivity contribution is 1.33. The molecule has 0 unspecified atom stereocenters. The quantitative estimate of drug-likeness (QED) is 0.854. The van der Waals surface area contributed by atoms with E-state index in [-0.39, 0.29) is 0 Å². The summed E-state index contributed by atoms with van der Waals surface area (Å²) in [5.74, 6) is 0. The van der Waals surface area contributed by atoms with E-state index < -0.39 is 0 Å². The number of aryl methyl sites for hydroxylation is 1. The van der Waals surface area contributed by atoms with Gasteiger partial charge in [-0.1, -0.05) is 29.8 Å². The maximum atomic E-state index is 9.13. The van der Waals surface area contributed by atoms with E-state index in [2.05, 4.69) is 24.4 Å². The van der Waals surface area contributed by atoms with Crippen LogP contribution in [0.4, 0.5) is 11.4 Å². The van der Waals surface area contributed by atoms with Crippen LogP contribution in [-0.4, -0.2) is 0 Å². The fourth-order valence-corrected chi connectivity index (χ4v) is 1.99. The molecule has 0 aromatic heterocycles. The number of rotatable bonds is 2. The van der Waals surface area contributed by atoms with Crippen LogP contribution in [0.15, 0.2) is 36.4 Å². The molecule has 0 saturated carbocycles. The lowest BCUT2D eigenvalue weighted by Gasteiger charge is -2.13. The van der Waals surface area contributed by atoms with E-state index in [1.54, 1.807) is 6.07 Å². The van der Waals surface area contributed by atoms with Crippen LogP contribution in [-0.2, 0) is 0 Å². The van der Waals surface area contributed by atoms with E-state index in [1.165, 1.54) is 11.1 Å². The van der Waals surface area contributed by atoms with E-state index in [0.29, 0.717) is 10.6 Å². The highest BCUT2D eigenvalue weighted by Crippen LogP contribution is 2.28. The molecule has 0 aliphatic rings. The van der Waals surface area contributed by atoms with Crippen LogP contribution in [0.2, 0.25) is 5.02 Å². The normalized spacial score (nSPS) is 9.89. The summed E-state index contributed by atoms with van der Waals surface area (Å²) in [6, 6.07) is 13.6. The average molecular weight is 257 g/mol. The number of hydrogen-bond acceptors (Lipinski definition) is 2. The molecule has 0 spiro atoms. The Morgan fingerprint density at radius 1 is 1.06 bits per heavy atom. The molecule has 2 nitrogen and oxygen atoms in total. The molecule has 0 aliphatic carbocycles. The van der Waals surface area contributed by atoms with Crippen molar-refractivity contribution in [2.45, 2.75) is 13.8 Å². The van der Waals surface area contributed by atoms with Crippen molar-refractivity contribution in [2.24, 2.45) is 0 Å². The largest absolute Gasteiger partial charge is 0.354 e. The predicted molar refractivity (Wildman–Crippen MR) is 75.4 cm³/mol. The highest BCUT2D eigenvalue weighted by Gasteiger charge is 2.08. The summed E-state index contributed by atoms with van der Waals surface area (Å²) in [6.45, 7) is 4.11. The van der Waals surface area contributed by atoms with Crippen LogP contribution < -0.4 is 5.32 Å². The monoisotopic (exact) mass is 256 g/mol. The molecule has 2 aromatic carbocycles. The van der Waals surface area contributed by atoms with Crippen LogP contribution in [0.5, 0.6) is 0 Å². The van der Waals surface area contributed by atoms with Crippen molar-refractivity contribution in [3.05, 3.63) is 58.1 Å². The van der Waals surface area contributed by atoms with Gasteiger partial charge in [0, 0.05) is 5.69 Å². The van der Waals surface area contributed by atoms with E-state index in [9.17, 15) is 0 Å². The third kappa shape index (κ3) is 2.32. The van der Waals surface area contributed by atoms with Gasteiger partial charge >= 0.3 is 0 Å². The van der Waals surface area contributed by atoms with Crippen molar-refractivity contribution in [2.75, 3.05) is 5.32 Å². The van der Waals surface area contributed by atoms with Gasteiger partial charge in [0.25, 0.3) is 0 Å². The third-order valence-corrected chi connectivity index (χ3v) is 3.31. The molecule has 1 N–H and O–H groups in total. The highest BCUT2D eigenvalue weighted by molar-refractivity contribution is 6.32. The number of hydrogen-bond donors (Lipinski definition) is 1. The van der Waals surface area contributed by atoms with Crippen molar-refractivity contribution in [3.8, 4) is 6.07 Å². The Balaban J connectivity index is 2.44. The van der Waals surface area contributed by atoms with E-state index in [0.717, 1.165) is 11.4 Å². The van der Waals surface area contributed by atoms with Gasteiger partial charge in [0.2, 0.25) is 0 Å². The van der Waals surface area contributed by atoms with Crippen molar-refractivity contribution in [3.63, 3.8) is 0 Å². The lowest BCUT2D eigenvalue weighted by Crippen LogP contribution is -1.97. The van der Waals surface area contributed by atoms with Gasteiger partial charge in [-0.05, 0) is 43.2 Å². The Hall–Kier alpha value is -1.98. The topological polar surface area (TPSA) is 35.8 Å². The van der Waals surface area contributed by atoms with Crippen molar-refractivity contribution >= 4 is 23.0 Å². The second kappa shape index (κ2) is 5.12. The molecule has 0 radical (unpaired) electrons. The Morgan fingerprint density at radius 3 is 2.44 bits per heavy atom. The molecule has 0 amide bonds. The van der Waals surface area contributed by atoms with Crippen LogP contribution >= 0.6 is 11.6 Å². The molecule has 2 rings (SSSR count). The van der Waals surface area contributed by atoms with Gasteiger partial charge in [0.05, 0.1) is 16.3 Å². The number of nitrogens with zero attached hydrogens (tertiary/aromatic N) is 1. The fourth-order valence-electron chi connectivity index (χ4n) is 1.77. The van der Waals surface area contributed by atoms with Crippen LogP contribution in [0.1, 0.15) is 16.7 Å². The molecule has 3 heteroatoms. The van der Waals surface area contributed by atoms with Gasteiger partial charge in [0.15, 0.2) is 0 Å². The molecule has 0 bridgehead atoms. The molecule has 2 aromatic rings. The van der Waals surface area contributed by atoms with Gasteiger partial charge in [-0.25, -0.2) is 0 Å². The maximum Gasteiger partial charge on any atom is 0.103 e. The second-order valence-corrected chi connectivity index (χ2v) is 4.55. The average Bonchev–Trinajstić information content (AvgIpc) is 2.35. The van der Waals surface area contributed by atoms with Crippen LogP contribution in [0.3, 0.4) is 0 Å². The van der Waals surface area contributed by atoms with Crippen molar-refractivity contribution in [1.82, 2.24) is 0 Å². The molecule has 18 heavy (non-hydrogen) atoms. The molecule has 0 atom stereocenters. The molecule has 0 saturated heterocycles. The van der Waals surface area contributed by atoms with Gasteiger partial charge in [0.1, 0.15) is 6.07 Å². The number of anilines is 2. The Kier molecular flexibility index (Phi) is 3.55. The van der Waals surface area contributed by atoms with Crippen molar-refractivity contribution in [1.29, 1.82) is 5.26 Å². The summed E-state index contributed by atoms with van der Waals surface area (Å²) in [5.41, 5.74) is 4.58. The lowest BCUT2D eigenvalue weighted by atomic mass is 10.1. The van der Waals surface area contributed by atoms with Crippen molar-refractivity contribution < 1.29 is 0 Å². The SMILES string of the molecule is Cc1cccc(Nc2cccc(Cl)c2C#N)c1C. The maximum absolute atomic E-state index is 9.13. The molecule has 0 aliphatic heterocycles. The first-order chi connectivity index (χ1) is 8.63. The summed E-state index contributed by atoms with van der Waals surface area (Å²) in [6.07, 6.45) is 0. The van der Waals surface area contributed by atoms with Gasteiger partial charge in [-0.2, -0.15) is 5.26 Å². The summed E-state index contributed by atoms with van der Waals surface area (Å²) in [5, 5.41) is 12.9. The zero-order chi connectivity index (χ0) is 13.1. The third-order valence-electron chi connectivity index (χ3n) is 3.00. The summed E-state index contributed by atoms with van der Waals surface area (Å²) >= 11 is 6.00. The van der Waals surface area contributed by atoms with E-state index in [4.69, 9.17) is 16.9 Å². The van der Waals surface area contributed by atoms with Gasteiger partial charge in [-0.15, -0.1) is 0 Å². The minimum absolute atomic E-state index is 0.466. The van der Waals surface area contributed by atoms with Gasteiger partial charge < -0.3 is 5.32 Å². The Morgan fingerprint density at radius 2 is 1.72 bits per heavy atom. The summed E-state index contributed by atoms with van der Waals surface area (Å²) in [4.78, 5) is 0. The Labute approximate surface area is 112 Å². The smallest absolute Gasteiger partial charge is 0.103 e. The standard InChI is InChI=1S/C15H13ClN2/c1-10-5-3-7-14(11(10)2)18-15-8-4-6-13(16)12(15)9-17/h3-8,18H,1-2H3. The first-order valence-electron chi connectivity index (χ1n) is 5.65. The second-order valence-electron chi connectivity index (χ2n) is 4.15. The highest BCUT2D eigenvalue weighted by atomic mass is 35.5. The number of halogens is 1. The zero-order valence-corrected chi connectivity index (χ0v) is 11.0. The Bertz CT molecular complexity index is 627. The molecule has 90 valence electrons. The molecule has 0 heterocycles. The number of benzene rings is 2. The predicted octanol–water partition coefficient (Wildman–Crippen LogP) is 4.57. The minimum Gasteiger partial charge on any atom is -0.354 e. The minimum atomic E-state index is 0.466. The zero-order valence-electron chi connectivity index (χ0n) is 10.3. The number of nitrogens with one attached hydrogen (secondary N) is 1. The summed E-state index contributed by atoms with van der Waals surface area (Å²) in [7, 11) is 0. The molecular formula is C15H13ClN2. The molecular weight excluding hydrogens is 244 g/mol. The first-order valence-corrected chi connectivity index (χ1v) is 6.03. The van der Waals surface area contributed by atoms with Crippen LogP contribution in [0, 0.1) is 25.2 Å². The number of nitriles is 1. The van der Waals surface area contributed by atoms with E-state index >= 15 is 0 Å². The van der Waals surface area contributed by atoms with Gasteiger partial charge in [-0.3, -0.25) is 0 Å². The first kappa shape index (κ1) is 12.5. The van der Waals surface area contributed by atoms with E-state index in [1.807, 2.05) is 31.2 Å².